The maximum atomic E-state index is 12.9. The third-order valence-corrected chi connectivity index (χ3v) is 6.51. The molecule has 2 heterocycles. The summed E-state index contributed by atoms with van der Waals surface area (Å²) in [5.41, 5.74) is 2.11. The zero-order valence-electron chi connectivity index (χ0n) is 15.2. The Balaban J connectivity index is 1.42. The number of rotatable bonds is 4. The Bertz CT molecular complexity index is 758. The number of piperidine rings is 1. The molecule has 0 radical (unpaired) electrons. The van der Waals surface area contributed by atoms with E-state index in [9.17, 15) is 4.79 Å². The molecule has 2 atom stereocenters. The lowest BCUT2D eigenvalue weighted by Crippen LogP contribution is -2.50. The zero-order chi connectivity index (χ0) is 17.9. The number of nitrogens with zero attached hydrogens (tertiary/aromatic N) is 5. The van der Waals surface area contributed by atoms with Crippen LogP contribution in [0.15, 0.2) is 29.4 Å². The molecule has 26 heavy (non-hydrogen) atoms. The van der Waals surface area contributed by atoms with Crippen molar-refractivity contribution in [3.8, 4) is 5.69 Å². The summed E-state index contributed by atoms with van der Waals surface area (Å²) in [6.45, 7) is 2.96. The Kier molecular flexibility index (Phi) is 5.24. The lowest BCUT2D eigenvalue weighted by atomic mass is 9.78. The number of aromatic nitrogens is 4. The van der Waals surface area contributed by atoms with E-state index in [1.165, 1.54) is 49.4 Å². The number of carbonyl (C=O) groups is 1. The quantitative estimate of drug-likeness (QED) is 0.772. The highest BCUT2D eigenvalue weighted by molar-refractivity contribution is 7.99. The molecule has 1 saturated carbocycles. The Hall–Kier alpha value is -1.89. The molecule has 0 spiro atoms. The first-order valence-corrected chi connectivity index (χ1v) is 10.5. The van der Waals surface area contributed by atoms with Gasteiger partial charge in [0.2, 0.25) is 11.1 Å². The second kappa shape index (κ2) is 7.78. The summed E-state index contributed by atoms with van der Waals surface area (Å²) in [5, 5.41) is 12.6. The van der Waals surface area contributed by atoms with Gasteiger partial charge in [0.15, 0.2) is 0 Å². The second-order valence-corrected chi connectivity index (χ2v) is 8.28. The summed E-state index contributed by atoms with van der Waals surface area (Å²) in [7, 11) is 0. The van der Waals surface area contributed by atoms with Gasteiger partial charge in [-0.05, 0) is 61.1 Å². The minimum absolute atomic E-state index is 0.227. The first kappa shape index (κ1) is 17.5. The smallest absolute Gasteiger partial charge is 0.233 e. The highest BCUT2D eigenvalue weighted by atomic mass is 32.2. The van der Waals surface area contributed by atoms with Crippen molar-refractivity contribution in [1.82, 2.24) is 25.1 Å². The first-order chi connectivity index (χ1) is 12.7. The van der Waals surface area contributed by atoms with Crippen LogP contribution in [0, 0.1) is 12.8 Å². The highest BCUT2D eigenvalue weighted by Crippen LogP contribution is 2.35. The standard InChI is InChI=1S/C19H25N5OS/c1-14-8-10-16(11-9-14)24-19(20-21-22-24)26-13-18(25)23-12-4-6-15-5-2-3-7-17(15)23/h8-11,15,17H,2-7,12-13H2,1H3. The number of tetrazole rings is 1. The molecule has 1 aliphatic heterocycles. The van der Waals surface area contributed by atoms with Crippen molar-refractivity contribution in [1.29, 1.82) is 0 Å². The van der Waals surface area contributed by atoms with Gasteiger partial charge in [-0.15, -0.1) is 5.10 Å². The van der Waals surface area contributed by atoms with E-state index in [2.05, 4.69) is 27.3 Å². The molecule has 7 heteroatoms. The van der Waals surface area contributed by atoms with Crippen LogP contribution in [0.5, 0.6) is 0 Å². The summed E-state index contributed by atoms with van der Waals surface area (Å²) in [5.74, 6) is 1.34. The van der Waals surface area contributed by atoms with Crippen LogP contribution in [0.4, 0.5) is 0 Å². The number of amides is 1. The van der Waals surface area contributed by atoms with Crippen molar-refractivity contribution in [2.75, 3.05) is 12.3 Å². The van der Waals surface area contributed by atoms with Crippen LogP contribution >= 0.6 is 11.8 Å². The molecular formula is C19H25N5OS. The van der Waals surface area contributed by atoms with E-state index in [1.807, 2.05) is 24.3 Å². The SMILES string of the molecule is Cc1ccc(-n2nnnc2SCC(=O)N2CCCC3CCCCC32)cc1. The molecule has 1 saturated heterocycles. The van der Waals surface area contributed by atoms with Crippen molar-refractivity contribution in [2.24, 2.45) is 5.92 Å². The van der Waals surface area contributed by atoms with Crippen LogP contribution in [0.25, 0.3) is 5.69 Å². The van der Waals surface area contributed by atoms with Crippen LogP contribution in [0.3, 0.4) is 0 Å². The van der Waals surface area contributed by atoms with Crippen LogP contribution in [-0.4, -0.2) is 49.4 Å². The summed E-state index contributed by atoms with van der Waals surface area (Å²) in [6.07, 6.45) is 7.45. The Morgan fingerprint density at radius 3 is 2.77 bits per heavy atom. The summed E-state index contributed by atoms with van der Waals surface area (Å²) < 4.78 is 1.71. The van der Waals surface area contributed by atoms with Crippen molar-refractivity contribution >= 4 is 17.7 Å². The molecule has 1 aromatic carbocycles. The van der Waals surface area contributed by atoms with Crippen LogP contribution < -0.4 is 0 Å². The first-order valence-electron chi connectivity index (χ1n) is 9.50. The second-order valence-electron chi connectivity index (χ2n) is 7.34. The maximum Gasteiger partial charge on any atom is 0.233 e. The van der Waals surface area contributed by atoms with E-state index >= 15 is 0 Å². The normalized spacial score (nSPS) is 22.9. The predicted molar refractivity (Wildman–Crippen MR) is 101 cm³/mol. The minimum Gasteiger partial charge on any atom is -0.339 e. The van der Waals surface area contributed by atoms with Gasteiger partial charge in [0, 0.05) is 12.6 Å². The lowest BCUT2D eigenvalue weighted by molar-refractivity contribution is -0.134. The van der Waals surface area contributed by atoms with Crippen molar-refractivity contribution in [2.45, 2.75) is 56.6 Å². The van der Waals surface area contributed by atoms with Crippen molar-refractivity contribution in [3.63, 3.8) is 0 Å². The fraction of sp³-hybridized carbons (Fsp3) is 0.579. The van der Waals surface area contributed by atoms with Crippen molar-refractivity contribution < 1.29 is 4.79 Å². The third kappa shape index (κ3) is 3.63. The molecule has 2 aromatic rings. The molecular weight excluding hydrogens is 346 g/mol. The molecule has 1 aliphatic carbocycles. The number of aryl methyl sites for hydroxylation is 1. The lowest BCUT2D eigenvalue weighted by Gasteiger charge is -2.44. The van der Waals surface area contributed by atoms with Gasteiger partial charge in [0.1, 0.15) is 0 Å². The summed E-state index contributed by atoms with van der Waals surface area (Å²) in [6, 6.07) is 8.52. The van der Waals surface area contributed by atoms with Gasteiger partial charge >= 0.3 is 0 Å². The van der Waals surface area contributed by atoms with Crippen LogP contribution in [-0.2, 0) is 4.79 Å². The molecule has 6 nitrogen and oxygen atoms in total. The number of hydrogen-bond donors (Lipinski definition) is 0. The molecule has 0 N–H and O–H groups in total. The molecule has 1 aromatic heterocycles. The Morgan fingerprint density at radius 1 is 1.15 bits per heavy atom. The maximum absolute atomic E-state index is 12.9. The average Bonchev–Trinajstić information content (AvgIpc) is 3.15. The molecule has 1 amide bonds. The van der Waals surface area contributed by atoms with Gasteiger partial charge in [-0.1, -0.05) is 42.3 Å². The summed E-state index contributed by atoms with van der Waals surface area (Å²) in [4.78, 5) is 15.0. The van der Waals surface area contributed by atoms with E-state index in [1.54, 1.807) is 4.68 Å². The highest BCUT2D eigenvalue weighted by Gasteiger charge is 2.35. The van der Waals surface area contributed by atoms with Gasteiger partial charge in [0.05, 0.1) is 11.4 Å². The number of carbonyl (C=O) groups excluding carboxylic acids is 1. The number of benzene rings is 1. The monoisotopic (exact) mass is 371 g/mol. The van der Waals surface area contributed by atoms with Gasteiger partial charge in [-0.3, -0.25) is 4.79 Å². The zero-order valence-corrected chi connectivity index (χ0v) is 16.0. The van der Waals surface area contributed by atoms with Gasteiger partial charge in [-0.2, -0.15) is 4.68 Å². The molecule has 4 rings (SSSR count). The molecule has 2 aliphatic rings. The number of likely N-dealkylation sites (tertiary alicyclic amines) is 1. The molecule has 2 fully saturated rings. The molecule has 138 valence electrons. The minimum atomic E-state index is 0.227. The summed E-state index contributed by atoms with van der Waals surface area (Å²) >= 11 is 1.43. The van der Waals surface area contributed by atoms with Gasteiger partial charge in [0.25, 0.3) is 0 Å². The predicted octanol–water partition coefficient (Wildman–Crippen LogP) is 3.24. The number of fused-ring (bicyclic) bond motifs is 1. The van der Waals surface area contributed by atoms with E-state index in [0.29, 0.717) is 22.9 Å². The van der Waals surface area contributed by atoms with E-state index in [4.69, 9.17) is 0 Å². The average molecular weight is 372 g/mol. The van der Waals surface area contributed by atoms with Crippen molar-refractivity contribution in [3.05, 3.63) is 29.8 Å². The van der Waals surface area contributed by atoms with Crippen LogP contribution in [0.2, 0.25) is 0 Å². The fourth-order valence-corrected chi connectivity index (χ4v) is 5.04. The van der Waals surface area contributed by atoms with Gasteiger partial charge < -0.3 is 4.90 Å². The Morgan fingerprint density at radius 2 is 1.92 bits per heavy atom. The fourth-order valence-electron chi connectivity index (χ4n) is 4.26. The molecule has 0 bridgehead atoms. The number of hydrogen-bond acceptors (Lipinski definition) is 5. The topological polar surface area (TPSA) is 63.9 Å². The number of thioether (sulfide) groups is 1. The van der Waals surface area contributed by atoms with E-state index in [-0.39, 0.29) is 5.91 Å². The van der Waals surface area contributed by atoms with E-state index < -0.39 is 0 Å². The Labute approximate surface area is 158 Å². The van der Waals surface area contributed by atoms with Gasteiger partial charge in [-0.25, -0.2) is 0 Å². The molecule has 2 unspecified atom stereocenters. The van der Waals surface area contributed by atoms with Crippen LogP contribution in [0.1, 0.15) is 44.1 Å². The largest absolute Gasteiger partial charge is 0.339 e. The van der Waals surface area contributed by atoms with E-state index in [0.717, 1.165) is 18.7 Å². The third-order valence-electron chi connectivity index (χ3n) is 5.61.